The van der Waals surface area contributed by atoms with Gasteiger partial charge in [-0.05, 0) is 12.8 Å². The second-order valence-corrected chi connectivity index (χ2v) is 4.31. The summed E-state index contributed by atoms with van der Waals surface area (Å²) in [6.07, 6.45) is 3.24. The zero-order valence-electron chi connectivity index (χ0n) is 9.64. The number of rotatable bonds is 8. The summed E-state index contributed by atoms with van der Waals surface area (Å²) in [6, 6.07) is 0. The van der Waals surface area contributed by atoms with Gasteiger partial charge in [-0.1, -0.05) is 17.8 Å². The fraction of sp³-hybridized carbons (Fsp3) is 0.600. The van der Waals surface area contributed by atoms with Crippen LogP contribution in [-0.2, 0) is 13.1 Å². The van der Waals surface area contributed by atoms with Crippen LogP contribution in [0.4, 0.5) is 4.39 Å². The van der Waals surface area contributed by atoms with Gasteiger partial charge in [-0.15, -0.1) is 29.2 Å². The molecule has 0 radical (unpaired) electrons. The molecule has 7 heteroatoms. The molecule has 4 nitrogen and oxygen atoms in total. The standard InChI is InChI=1S/C10H17FN4S.ClH/c1-2-6-15-9(8-12)13-14-10(15)16-7-4-3-5-11;/h2H,1,3-8,12H2;1H. The van der Waals surface area contributed by atoms with Gasteiger partial charge in [-0.25, -0.2) is 0 Å². The summed E-state index contributed by atoms with van der Waals surface area (Å²) in [6.45, 7) is 4.45. The van der Waals surface area contributed by atoms with Gasteiger partial charge < -0.3 is 10.3 Å². The van der Waals surface area contributed by atoms with Crippen molar-refractivity contribution in [2.24, 2.45) is 5.73 Å². The first-order chi connectivity index (χ1) is 7.83. The van der Waals surface area contributed by atoms with E-state index in [9.17, 15) is 4.39 Å². The van der Waals surface area contributed by atoms with Gasteiger partial charge in [0.1, 0.15) is 5.82 Å². The molecule has 0 aromatic carbocycles. The van der Waals surface area contributed by atoms with Gasteiger partial charge >= 0.3 is 0 Å². The molecular weight excluding hydrogens is 263 g/mol. The number of alkyl halides is 1. The molecular formula is C10H18ClFN4S. The molecule has 0 atom stereocenters. The fourth-order valence-electron chi connectivity index (χ4n) is 1.25. The third-order valence-electron chi connectivity index (χ3n) is 2.05. The lowest BCUT2D eigenvalue weighted by atomic mass is 10.4. The number of nitrogens with two attached hydrogens (primary N) is 1. The molecule has 1 rings (SSSR count). The van der Waals surface area contributed by atoms with Crippen molar-refractivity contribution >= 4 is 24.2 Å². The van der Waals surface area contributed by atoms with Crippen LogP contribution in [0.1, 0.15) is 18.7 Å². The molecule has 0 unspecified atom stereocenters. The smallest absolute Gasteiger partial charge is 0.191 e. The van der Waals surface area contributed by atoms with Crippen LogP contribution < -0.4 is 5.73 Å². The second-order valence-electron chi connectivity index (χ2n) is 3.25. The predicted molar refractivity (Wildman–Crippen MR) is 71.3 cm³/mol. The molecule has 0 aliphatic carbocycles. The van der Waals surface area contributed by atoms with Gasteiger partial charge in [0.25, 0.3) is 0 Å². The summed E-state index contributed by atoms with van der Waals surface area (Å²) in [5, 5.41) is 8.89. The van der Waals surface area contributed by atoms with Gasteiger partial charge in [-0.3, -0.25) is 4.39 Å². The molecule has 1 aromatic rings. The third kappa shape index (κ3) is 5.06. The zero-order valence-corrected chi connectivity index (χ0v) is 11.3. The summed E-state index contributed by atoms with van der Waals surface area (Å²) in [5.41, 5.74) is 5.55. The summed E-state index contributed by atoms with van der Waals surface area (Å²) < 4.78 is 13.8. The molecule has 1 aromatic heterocycles. The van der Waals surface area contributed by atoms with Crippen molar-refractivity contribution in [3.8, 4) is 0 Å². The highest BCUT2D eigenvalue weighted by Gasteiger charge is 2.09. The molecule has 98 valence electrons. The minimum absolute atomic E-state index is 0. The first-order valence-electron chi connectivity index (χ1n) is 5.25. The van der Waals surface area contributed by atoms with Crippen LogP contribution >= 0.6 is 24.2 Å². The number of hydrogen-bond acceptors (Lipinski definition) is 4. The van der Waals surface area contributed by atoms with Gasteiger partial charge in [-0.2, -0.15) is 0 Å². The summed E-state index contributed by atoms with van der Waals surface area (Å²) in [5.74, 6) is 1.61. The maximum Gasteiger partial charge on any atom is 0.191 e. The number of nitrogens with zero attached hydrogens (tertiary/aromatic N) is 3. The Morgan fingerprint density at radius 2 is 2.18 bits per heavy atom. The van der Waals surface area contributed by atoms with Crippen molar-refractivity contribution in [3.63, 3.8) is 0 Å². The van der Waals surface area contributed by atoms with E-state index in [-0.39, 0.29) is 19.1 Å². The Morgan fingerprint density at radius 3 is 2.76 bits per heavy atom. The highest BCUT2D eigenvalue weighted by molar-refractivity contribution is 7.99. The lowest BCUT2D eigenvalue weighted by Crippen LogP contribution is -2.08. The zero-order chi connectivity index (χ0) is 11.8. The lowest BCUT2D eigenvalue weighted by molar-refractivity contribution is 0.470. The first-order valence-corrected chi connectivity index (χ1v) is 6.23. The summed E-state index contributed by atoms with van der Waals surface area (Å²) in [4.78, 5) is 0. The molecule has 0 saturated heterocycles. The van der Waals surface area contributed by atoms with Crippen LogP contribution in [-0.4, -0.2) is 27.2 Å². The van der Waals surface area contributed by atoms with Crippen molar-refractivity contribution < 1.29 is 4.39 Å². The Morgan fingerprint density at radius 1 is 1.41 bits per heavy atom. The molecule has 0 amide bonds. The Hall–Kier alpha value is -0.590. The third-order valence-corrected chi connectivity index (χ3v) is 3.10. The minimum Gasteiger partial charge on any atom is -0.324 e. The monoisotopic (exact) mass is 280 g/mol. The van der Waals surface area contributed by atoms with E-state index in [1.807, 2.05) is 4.57 Å². The molecule has 0 bridgehead atoms. The molecule has 0 aliphatic heterocycles. The van der Waals surface area contributed by atoms with Gasteiger partial charge in [0.05, 0.1) is 13.2 Å². The topological polar surface area (TPSA) is 56.7 Å². The van der Waals surface area contributed by atoms with Crippen molar-refractivity contribution in [3.05, 3.63) is 18.5 Å². The largest absolute Gasteiger partial charge is 0.324 e. The van der Waals surface area contributed by atoms with Crippen LogP contribution in [0.3, 0.4) is 0 Å². The van der Waals surface area contributed by atoms with Crippen molar-refractivity contribution in [1.82, 2.24) is 14.8 Å². The highest BCUT2D eigenvalue weighted by Crippen LogP contribution is 2.18. The van der Waals surface area contributed by atoms with Crippen LogP contribution in [0.5, 0.6) is 0 Å². The number of hydrogen-bond donors (Lipinski definition) is 1. The fourth-order valence-corrected chi connectivity index (χ4v) is 2.21. The van der Waals surface area contributed by atoms with E-state index in [1.165, 1.54) is 0 Å². The molecule has 17 heavy (non-hydrogen) atoms. The van der Waals surface area contributed by atoms with E-state index < -0.39 is 0 Å². The van der Waals surface area contributed by atoms with E-state index in [0.717, 1.165) is 23.2 Å². The number of allylic oxidation sites excluding steroid dienone is 1. The van der Waals surface area contributed by atoms with Crippen molar-refractivity contribution in [2.75, 3.05) is 12.4 Å². The average Bonchev–Trinajstić information content (AvgIpc) is 2.68. The van der Waals surface area contributed by atoms with E-state index in [0.29, 0.717) is 19.5 Å². The second kappa shape index (κ2) is 9.44. The van der Waals surface area contributed by atoms with E-state index in [1.54, 1.807) is 17.8 Å². The predicted octanol–water partition coefficient (Wildman–Crippen LogP) is 2.19. The van der Waals surface area contributed by atoms with E-state index in [4.69, 9.17) is 5.73 Å². The summed E-state index contributed by atoms with van der Waals surface area (Å²) in [7, 11) is 0. The SMILES string of the molecule is C=CCn1c(CN)nnc1SCCCCF.Cl. The Labute approximate surface area is 111 Å². The Bertz CT molecular complexity index is 332. The maximum absolute atomic E-state index is 11.9. The lowest BCUT2D eigenvalue weighted by Gasteiger charge is -2.05. The average molecular weight is 281 g/mol. The molecule has 1 heterocycles. The van der Waals surface area contributed by atoms with E-state index in [2.05, 4.69) is 16.8 Å². The Kier molecular flexibility index (Phi) is 9.11. The molecule has 0 saturated carbocycles. The normalized spacial score (nSPS) is 10.0. The number of aromatic nitrogens is 3. The van der Waals surface area contributed by atoms with Gasteiger partial charge in [0.2, 0.25) is 0 Å². The molecule has 0 fully saturated rings. The molecule has 2 N–H and O–H groups in total. The molecule has 0 aliphatic rings. The number of halogens is 2. The first kappa shape index (κ1) is 16.4. The van der Waals surface area contributed by atoms with Crippen LogP contribution in [0, 0.1) is 0 Å². The van der Waals surface area contributed by atoms with Crippen LogP contribution in [0.15, 0.2) is 17.8 Å². The van der Waals surface area contributed by atoms with Gasteiger partial charge in [0, 0.05) is 12.3 Å². The minimum atomic E-state index is -0.256. The van der Waals surface area contributed by atoms with Crippen molar-refractivity contribution in [1.29, 1.82) is 0 Å². The van der Waals surface area contributed by atoms with Crippen LogP contribution in [0.25, 0.3) is 0 Å². The van der Waals surface area contributed by atoms with E-state index >= 15 is 0 Å². The molecule has 0 spiro atoms. The quantitative estimate of drug-likeness (QED) is 0.450. The van der Waals surface area contributed by atoms with Crippen LogP contribution in [0.2, 0.25) is 0 Å². The number of unbranched alkanes of at least 4 members (excludes halogenated alkanes) is 1. The van der Waals surface area contributed by atoms with Gasteiger partial charge in [0.15, 0.2) is 5.16 Å². The highest BCUT2D eigenvalue weighted by atomic mass is 35.5. The summed E-state index contributed by atoms with van der Waals surface area (Å²) >= 11 is 1.58. The maximum atomic E-state index is 11.9. The number of thioether (sulfide) groups is 1. The van der Waals surface area contributed by atoms with Crippen molar-refractivity contribution in [2.45, 2.75) is 31.1 Å². The Balaban J connectivity index is 0.00000256.